The van der Waals surface area contributed by atoms with Gasteiger partial charge < -0.3 is 10.6 Å². The van der Waals surface area contributed by atoms with Crippen LogP contribution in [0.5, 0.6) is 0 Å². The second-order valence-corrected chi connectivity index (χ2v) is 5.91. The van der Waals surface area contributed by atoms with Crippen LogP contribution in [0.15, 0.2) is 30.5 Å². The van der Waals surface area contributed by atoms with Gasteiger partial charge in [-0.2, -0.15) is 0 Å². The fourth-order valence-electron chi connectivity index (χ4n) is 2.94. The summed E-state index contributed by atoms with van der Waals surface area (Å²) < 4.78 is 0. The molecule has 1 aliphatic heterocycles. The molecule has 0 bridgehead atoms. The van der Waals surface area contributed by atoms with Gasteiger partial charge in [0, 0.05) is 30.9 Å². The van der Waals surface area contributed by atoms with Crippen LogP contribution in [0.1, 0.15) is 24.0 Å². The van der Waals surface area contributed by atoms with Crippen molar-refractivity contribution in [2.24, 2.45) is 5.73 Å². The lowest BCUT2D eigenvalue weighted by atomic mass is 10.0. The minimum Gasteiger partial charge on any atom is -0.339 e. The van der Waals surface area contributed by atoms with Crippen LogP contribution in [-0.4, -0.2) is 29.1 Å². The van der Waals surface area contributed by atoms with Crippen LogP contribution in [0.25, 0.3) is 11.3 Å². The molecule has 21 heavy (non-hydrogen) atoms. The van der Waals surface area contributed by atoms with Gasteiger partial charge in [-0.15, -0.1) is 0 Å². The van der Waals surface area contributed by atoms with Gasteiger partial charge >= 0.3 is 0 Å². The molecule has 0 spiro atoms. The average Bonchev–Trinajstić information content (AvgIpc) is 2.47. The van der Waals surface area contributed by atoms with E-state index in [-0.39, 0.29) is 6.04 Å². The number of nitrogens with zero attached hydrogens (tertiary/aromatic N) is 3. The summed E-state index contributed by atoms with van der Waals surface area (Å²) in [5, 5.41) is 0. The number of hydrogen-bond donors (Lipinski definition) is 1. The van der Waals surface area contributed by atoms with Crippen LogP contribution in [0.2, 0.25) is 0 Å². The highest BCUT2D eigenvalue weighted by Gasteiger charge is 2.19. The van der Waals surface area contributed by atoms with Crippen molar-refractivity contribution in [3.05, 3.63) is 41.6 Å². The molecule has 3 rings (SSSR count). The molecule has 4 nitrogen and oxygen atoms in total. The van der Waals surface area contributed by atoms with E-state index < -0.39 is 0 Å². The van der Waals surface area contributed by atoms with Crippen LogP contribution in [0, 0.1) is 13.8 Å². The molecule has 1 aromatic carbocycles. The number of aromatic nitrogens is 2. The number of nitrogens with two attached hydrogens (primary N) is 1. The summed E-state index contributed by atoms with van der Waals surface area (Å²) in [7, 11) is 0. The zero-order valence-corrected chi connectivity index (χ0v) is 12.7. The summed E-state index contributed by atoms with van der Waals surface area (Å²) in [4.78, 5) is 11.4. The Morgan fingerprint density at radius 3 is 2.86 bits per heavy atom. The highest BCUT2D eigenvalue weighted by atomic mass is 15.3. The first kappa shape index (κ1) is 14.0. The Hall–Kier alpha value is -1.94. The number of aryl methyl sites for hydroxylation is 2. The van der Waals surface area contributed by atoms with E-state index in [9.17, 15) is 0 Å². The Morgan fingerprint density at radius 1 is 1.24 bits per heavy atom. The Labute approximate surface area is 126 Å². The zero-order chi connectivity index (χ0) is 14.8. The molecule has 0 aliphatic carbocycles. The number of anilines is 1. The van der Waals surface area contributed by atoms with Crippen LogP contribution < -0.4 is 10.6 Å². The molecule has 1 unspecified atom stereocenters. The summed E-state index contributed by atoms with van der Waals surface area (Å²) in [6.07, 6.45) is 4.04. The average molecular weight is 282 g/mol. The summed E-state index contributed by atoms with van der Waals surface area (Å²) in [6.45, 7) is 6.07. The van der Waals surface area contributed by atoms with Gasteiger partial charge in [-0.1, -0.05) is 23.8 Å². The van der Waals surface area contributed by atoms with Crippen LogP contribution in [-0.2, 0) is 0 Å². The Morgan fingerprint density at radius 2 is 2.10 bits per heavy atom. The van der Waals surface area contributed by atoms with Crippen molar-refractivity contribution < 1.29 is 0 Å². The van der Waals surface area contributed by atoms with Crippen molar-refractivity contribution in [1.29, 1.82) is 0 Å². The molecule has 2 aromatic rings. The normalized spacial score (nSPS) is 18.8. The summed E-state index contributed by atoms with van der Waals surface area (Å²) in [5.74, 6) is 0.794. The van der Waals surface area contributed by atoms with Gasteiger partial charge in [-0.25, -0.2) is 9.97 Å². The molecule has 1 aliphatic rings. The Bertz CT molecular complexity index is 638. The van der Waals surface area contributed by atoms with Crippen molar-refractivity contribution in [3.63, 3.8) is 0 Å². The van der Waals surface area contributed by atoms with Crippen LogP contribution >= 0.6 is 0 Å². The topological polar surface area (TPSA) is 55.0 Å². The highest BCUT2D eigenvalue weighted by Crippen LogP contribution is 2.24. The first-order chi connectivity index (χ1) is 10.1. The lowest BCUT2D eigenvalue weighted by Crippen LogP contribution is -2.43. The highest BCUT2D eigenvalue weighted by molar-refractivity contribution is 5.64. The minimum absolute atomic E-state index is 0.229. The largest absolute Gasteiger partial charge is 0.339 e. The van der Waals surface area contributed by atoms with Crippen LogP contribution in [0.3, 0.4) is 0 Å². The number of benzene rings is 1. The van der Waals surface area contributed by atoms with E-state index >= 15 is 0 Å². The first-order valence-electron chi connectivity index (χ1n) is 7.54. The second kappa shape index (κ2) is 5.82. The standard InChI is InChI=1S/C17H22N4/c1-12-5-6-15(13(2)10-12)16-7-8-19-17(20-16)21-9-3-4-14(18)11-21/h5-8,10,14H,3-4,9,11,18H2,1-2H3. The van der Waals surface area contributed by atoms with Crippen molar-refractivity contribution in [2.75, 3.05) is 18.0 Å². The SMILES string of the molecule is Cc1ccc(-c2ccnc(N3CCCC(N)C3)n2)c(C)c1. The molecule has 4 heteroatoms. The van der Waals surface area contributed by atoms with Crippen LogP contribution in [0.4, 0.5) is 5.95 Å². The van der Waals surface area contributed by atoms with Gasteiger partial charge in [0.1, 0.15) is 0 Å². The molecule has 0 saturated carbocycles. The maximum Gasteiger partial charge on any atom is 0.225 e. The monoisotopic (exact) mass is 282 g/mol. The fraction of sp³-hybridized carbons (Fsp3) is 0.412. The van der Waals surface area contributed by atoms with Gasteiger partial charge in [0.25, 0.3) is 0 Å². The molecule has 0 amide bonds. The van der Waals surface area contributed by atoms with E-state index in [2.05, 4.69) is 41.9 Å². The predicted octanol–water partition coefficient (Wildman–Crippen LogP) is 2.69. The zero-order valence-electron chi connectivity index (χ0n) is 12.7. The van der Waals surface area contributed by atoms with Crippen molar-refractivity contribution >= 4 is 5.95 Å². The molecule has 110 valence electrons. The van der Waals surface area contributed by atoms with Crippen molar-refractivity contribution in [3.8, 4) is 11.3 Å². The fourth-order valence-corrected chi connectivity index (χ4v) is 2.94. The van der Waals surface area contributed by atoms with Gasteiger partial charge in [0.05, 0.1) is 5.69 Å². The number of piperidine rings is 1. The Balaban J connectivity index is 1.92. The van der Waals surface area contributed by atoms with Crippen molar-refractivity contribution in [1.82, 2.24) is 9.97 Å². The van der Waals surface area contributed by atoms with E-state index in [1.54, 1.807) is 0 Å². The third kappa shape index (κ3) is 3.05. The molecule has 1 atom stereocenters. The molecule has 0 radical (unpaired) electrons. The van der Waals surface area contributed by atoms with Gasteiger partial charge in [-0.3, -0.25) is 0 Å². The van der Waals surface area contributed by atoms with E-state index in [4.69, 9.17) is 10.7 Å². The van der Waals surface area contributed by atoms with Gasteiger partial charge in [0.15, 0.2) is 0 Å². The maximum absolute atomic E-state index is 6.06. The molecular formula is C17H22N4. The smallest absolute Gasteiger partial charge is 0.225 e. The predicted molar refractivity (Wildman–Crippen MR) is 86.4 cm³/mol. The second-order valence-electron chi connectivity index (χ2n) is 5.91. The van der Waals surface area contributed by atoms with E-state index in [0.29, 0.717) is 0 Å². The molecule has 1 aromatic heterocycles. The molecule has 1 saturated heterocycles. The van der Waals surface area contributed by atoms with E-state index in [1.165, 1.54) is 16.7 Å². The summed E-state index contributed by atoms with van der Waals surface area (Å²) in [5.41, 5.74) is 10.7. The number of hydrogen-bond acceptors (Lipinski definition) is 4. The maximum atomic E-state index is 6.06. The minimum atomic E-state index is 0.229. The Kier molecular flexibility index (Phi) is 3.88. The lowest BCUT2D eigenvalue weighted by Gasteiger charge is -2.30. The lowest BCUT2D eigenvalue weighted by molar-refractivity contribution is 0.500. The summed E-state index contributed by atoms with van der Waals surface area (Å²) in [6, 6.07) is 8.66. The molecule has 2 heterocycles. The molecular weight excluding hydrogens is 260 g/mol. The third-order valence-electron chi connectivity index (χ3n) is 4.04. The first-order valence-corrected chi connectivity index (χ1v) is 7.54. The molecule has 1 fully saturated rings. The third-order valence-corrected chi connectivity index (χ3v) is 4.04. The van der Waals surface area contributed by atoms with Gasteiger partial charge in [-0.05, 0) is 38.3 Å². The van der Waals surface area contributed by atoms with Crippen molar-refractivity contribution in [2.45, 2.75) is 32.7 Å². The number of rotatable bonds is 2. The quantitative estimate of drug-likeness (QED) is 0.920. The van der Waals surface area contributed by atoms with E-state index in [0.717, 1.165) is 37.6 Å². The molecule has 2 N–H and O–H groups in total. The summed E-state index contributed by atoms with van der Waals surface area (Å²) >= 11 is 0. The van der Waals surface area contributed by atoms with E-state index in [1.807, 2.05) is 12.3 Å². The van der Waals surface area contributed by atoms with Gasteiger partial charge in [0.2, 0.25) is 5.95 Å².